The molecular formula is C21H18BrN5O2. The molecule has 4 aromatic rings. The highest BCUT2D eigenvalue weighted by Crippen LogP contribution is 2.21. The van der Waals surface area contributed by atoms with E-state index < -0.39 is 0 Å². The maximum Gasteiger partial charge on any atom is 0.261 e. The molecule has 8 heteroatoms. The fourth-order valence-corrected chi connectivity index (χ4v) is 3.59. The molecule has 0 bridgehead atoms. The molecule has 0 spiro atoms. The van der Waals surface area contributed by atoms with Gasteiger partial charge in [-0.25, -0.2) is 9.67 Å². The third kappa shape index (κ3) is 3.84. The number of carbonyl (C=O) groups excluding carboxylic acids is 1. The zero-order chi connectivity index (χ0) is 20.5. The van der Waals surface area contributed by atoms with Gasteiger partial charge in [-0.15, -0.1) is 0 Å². The van der Waals surface area contributed by atoms with Gasteiger partial charge in [0, 0.05) is 10.2 Å². The van der Waals surface area contributed by atoms with Crippen molar-refractivity contribution >= 4 is 38.4 Å². The van der Waals surface area contributed by atoms with Gasteiger partial charge in [0.05, 0.1) is 34.3 Å². The van der Waals surface area contributed by atoms with Crippen LogP contribution >= 0.6 is 15.9 Å². The molecule has 0 saturated carbocycles. The van der Waals surface area contributed by atoms with Crippen LogP contribution in [0.2, 0.25) is 0 Å². The quantitative estimate of drug-likeness (QED) is 0.513. The molecule has 1 amide bonds. The first-order valence-electron chi connectivity index (χ1n) is 8.99. The number of hydrogen-bond donors (Lipinski definition) is 1. The SMILES string of the molecule is Cc1cc(C)n(-c2ccccc2NC(=O)Cn2cnc3ccc(Br)cc3c2=O)n1. The van der Waals surface area contributed by atoms with Crippen LogP contribution < -0.4 is 10.9 Å². The van der Waals surface area contributed by atoms with Crippen LogP contribution in [-0.2, 0) is 11.3 Å². The number of para-hydroxylation sites is 2. The molecule has 4 rings (SSSR count). The second-order valence-corrected chi connectivity index (χ2v) is 7.66. The number of halogens is 1. The smallest absolute Gasteiger partial charge is 0.261 e. The lowest BCUT2D eigenvalue weighted by Crippen LogP contribution is -2.28. The highest BCUT2D eigenvalue weighted by atomic mass is 79.9. The number of aryl methyl sites for hydroxylation is 2. The minimum absolute atomic E-state index is 0.139. The van der Waals surface area contributed by atoms with E-state index in [0.29, 0.717) is 16.6 Å². The Kier molecular flexibility index (Phi) is 5.02. The molecule has 0 aliphatic carbocycles. The molecular weight excluding hydrogens is 434 g/mol. The first-order valence-corrected chi connectivity index (χ1v) is 9.79. The highest BCUT2D eigenvalue weighted by Gasteiger charge is 2.13. The second kappa shape index (κ2) is 7.63. The first kappa shape index (κ1) is 19.1. The van der Waals surface area contributed by atoms with Crippen LogP contribution in [0, 0.1) is 13.8 Å². The summed E-state index contributed by atoms with van der Waals surface area (Å²) in [6, 6.07) is 14.7. The van der Waals surface area contributed by atoms with Gasteiger partial charge in [-0.2, -0.15) is 5.10 Å². The third-order valence-electron chi connectivity index (χ3n) is 4.52. The van der Waals surface area contributed by atoms with Crippen molar-refractivity contribution in [1.82, 2.24) is 19.3 Å². The molecule has 2 aromatic heterocycles. The lowest BCUT2D eigenvalue weighted by Gasteiger charge is -2.13. The molecule has 0 unspecified atom stereocenters. The van der Waals surface area contributed by atoms with Gasteiger partial charge in [0.2, 0.25) is 5.91 Å². The van der Waals surface area contributed by atoms with E-state index in [1.165, 1.54) is 10.9 Å². The molecule has 2 aromatic carbocycles. The number of hydrogen-bond acceptors (Lipinski definition) is 4. The van der Waals surface area contributed by atoms with Crippen molar-refractivity contribution in [3.05, 3.63) is 81.1 Å². The van der Waals surface area contributed by atoms with Crippen LogP contribution in [0.5, 0.6) is 0 Å². The summed E-state index contributed by atoms with van der Waals surface area (Å²) in [4.78, 5) is 29.7. The first-order chi connectivity index (χ1) is 13.9. The fraction of sp³-hybridized carbons (Fsp3) is 0.143. The summed E-state index contributed by atoms with van der Waals surface area (Å²) in [6.07, 6.45) is 1.39. The van der Waals surface area contributed by atoms with Gasteiger partial charge in [0.1, 0.15) is 6.54 Å². The molecule has 1 N–H and O–H groups in total. The van der Waals surface area contributed by atoms with Gasteiger partial charge >= 0.3 is 0 Å². The van der Waals surface area contributed by atoms with Crippen LogP contribution in [0.15, 0.2) is 64.1 Å². The number of nitrogens with one attached hydrogen (secondary N) is 1. The number of nitrogens with zero attached hydrogens (tertiary/aromatic N) is 4. The molecule has 7 nitrogen and oxygen atoms in total. The maximum atomic E-state index is 12.7. The Morgan fingerprint density at radius 1 is 1.14 bits per heavy atom. The van der Waals surface area contributed by atoms with Crippen LogP contribution in [0.4, 0.5) is 5.69 Å². The van der Waals surface area contributed by atoms with Crippen LogP contribution in [0.25, 0.3) is 16.6 Å². The Balaban J connectivity index is 1.62. The Morgan fingerprint density at radius 2 is 1.93 bits per heavy atom. The molecule has 0 atom stereocenters. The average molecular weight is 452 g/mol. The van der Waals surface area contributed by atoms with Gasteiger partial charge in [0.15, 0.2) is 0 Å². The number of anilines is 1. The fourth-order valence-electron chi connectivity index (χ4n) is 3.23. The Morgan fingerprint density at radius 3 is 2.69 bits per heavy atom. The van der Waals surface area contributed by atoms with Crippen LogP contribution in [-0.4, -0.2) is 25.2 Å². The molecule has 0 fully saturated rings. The minimum atomic E-state index is -0.322. The summed E-state index contributed by atoms with van der Waals surface area (Å²) in [7, 11) is 0. The normalized spacial score (nSPS) is 11.0. The summed E-state index contributed by atoms with van der Waals surface area (Å²) in [6.45, 7) is 3.74. The van der Waals surface area contributed by atoms with Crippen molar-refractivity contribution in [2.75, 3.05) is 5.32 Å². The predicted molar refractivity (Wildman–Crippen MR) is 115 cm³/mol. The lowest BCUT2D eigenvalue weighted by atomic mass is 10.2. The van der Waals surface area contributed by atoms with Gasteiger partial charge < -0.3 is 5.32 Å². The van der Waals surface area contributed by atoms with E-state index in [1.54, 1.807) is 16.8 Å². The number of fused-ring (bicyclic) bond motifs is 1. The van der Waals surface area contributed by atoms with E-state index >= 15 is 0 Å². The number of rotatable bonds is 4. The molecule has 0 aliphatic heterocycles. The van der Waals surface area contributed by atoms with E-state index in [1.807, 2.05) is 50.2 Å². The van der Waals surface area contributed by atoms with E-state index in [0.717, 1.165) is 21.5 Å². The highest BCUT2D eigenvalue weighted by molar-refractivity contribution is 9.10. The van der Waals surface area contributed by atoms with E-state index in [4.69, 9.17) is 0 Å². The lowest BCUT2D eigenvalue weighted by molar-refractivity contribution is -0.116. The Bertz CT molecular complexity index is 1290. The van der Waals surface area contributed by atoms with Gasteiger partial charge in [-0.05, 0) is 50.2 Å². The predicted octanol–water partition coefficient (Wildman–Crippen LogP) is 3.60. The van der Waals surface area contributed by atoms with E-state index in [9.17, 15) is 9.59 Å². The topological polar surface area (TPSA) is 81.8 Å². The number of benzene rings is 2. The maximum absolute atomic E-state index is 12.7. The summed E-state index contributed by atoms with van der Waals surface area (Å²) in [5.74, 6) is -0.322. The zero-order valence-electron chi connectivity index (χ0n) is 15.9. The van der Waals surface area contributed by atoms with E-state index in [2.05, 4.69) is 31.3 Å². The zero-order valence-corrected chi connectivity index (χ0v) is 17.5. The summed E-state index contributed by atoms with van der Waals surface area (Å²) in [5, 5.41) is 7.82. The van der Waals surface area contributed by atoms with Crippen LogP contribution in [0.3, 0.4) is 0 Å². The Hall–Kier alpha value is -3.26. The Labute approximate surface area is 175 Å². The molecule has 0 radical (unpaired) electrons. The number of aromatic nitrogens is 4. The van der Waals surface area contributed by atoms with Gasteiger partial charge in [0.25, 0.3) is 5.56 Å². The standard InChI is InChI=1S/C21H18BrN5O2/c1-13-9-14(2)27(25-13)19-6-4-3-5-18(19)24-20(28)11-26-12-23-17-8-7-15(22)10-16(17)21(26)29/h3-10,12H,11H2,1-2H3,(H,24,28). The van der Waals surface area contributed by atoms with Crippen molar-refractivity contribution in [1.29, 1.82) is 0 Å². The van der Waals surface area contributed by atoms with Crippen molar-refractivity contribution in [3.8, 4) is 5.69 Å². The van der Waals surface area contributed by atoms with E-state index in [-0.39, 0.29) is 18.0 Å². The summed E-state index contributed by atoms with van der Waals surface area (Å²) in [5.41, 5.74) is 3.56. The number of carbonyl (C=O) groups is 1. The third-order valence-corrected chi connectivity index (χ3v) is 5.01. The molecule has 146 valence electrons. The van der Waals surface area contributed by atoms with Gasteiger partial charge in [-0.1, -0.05) is 28.1 Å². The molecule has 2 heterocycles. The number of amides is 1. The molecule has 0 saturated heterocycles. The average Bonchev–Trinajstić information content (AvgIpc) is 3.03. The summed E-state index contributed by atoms with van der Waals surface area (Å²) < 4.78 is 3.87. The minimum Gasteiger partial charge on any atom is -0.323 e. The van der Waals surface area contributed by atoms with Crippen molar-refractivity contribution in [2.45, 2.75) is 20.4 Å². The molecule has 29 heavy (non-hydrogen) atoms. The van der Waals surface area contributed by atoms with Crippen molar-refractivity contribution in [2.24, 2.45) is 0 Å². The summed E-state index contributed by atoms with van der Waals surface area (Å²) >= 11 is 3.36. The monoisotopic (exact) mass is 451 g/mol. The van der Waals surface area contributed by atoms with Gasteiger partial charge in [-0.3, -0.25) is 14.2 Å². The van der Waals surface area contributed by atoms with Crippen molar-refractivity contribution in [3.63, 3.8) is 0 Å². The van der Waals surface area contributed by atoms with Crippen LogP contribution in [0.1, 0.15) is 11.4 Å². The largest absolute Gasteiger partial charge is 0.323 e. The molecule has 0 aliphatic rings. The van der Waals surface area contributed by atoms with Crippen molar-refractivity contribution < 1.29 is 4.79 Å². The second-order valence-electron chi connectivity index (χ2n) is 6.74.